The van der Waals surface area contributed by atoms with Crippen molar-refractivity contribution in [2.24, 2.45) is 5.14 Å². The van der Waals surface area contributed by atoms with Crippen LogP contribution >= 0.6 is 0 Å². The van der Waals surface area contributed by atoms with Crippen LogP contribution in [-0.2, 0) is 16.4 Å². The van der Waals surface area contributed by atoms with Crippen LogP contribution < -0.4 is 5.14 Å². The minimum absolute atomic E-state index is 0.350. The smallest absolute Gasteiger partial charge is 0.227 e. The number of sulfonamides is 1. The highest BCUT2D eigenvalue weighted by molar-refractivity contribution is 7.89. The Morgan fingerprint density at radius 3 is 2.59 bits per heavy atom. The third-order valence-corrected chi connectivity index (χ3v) is 4.85. The molecule has 3 aromatic rings. The van der Waals surface area contributed by atoms with E-state index in [9.17, 15) is 8.42 Å². The molecule has 0 amide bonds. The third-order valence-electron chi connectivity index (χ3n) is 3.56. The van der Waals surface area contributed by atoms with Gasteiger partial charge in [0.15, 0.2) is 5.58 Å². The van der Waals surface area contributed by atoms with E-state index in [1.807, 2.05) is 42.5 Å². The molecule has 2 aromatic carbocycles. The molecule has 0 aliphatic carbocycles. The van der Waals surface area contributed by atoms with Crippen molar-refractivity contribution in [3.63, 3.8) is 0 Å². The molecule has 0 saturated carbocycles. The monoisotopic (exact) mass is 316 g/mol. The lowest BCUT2D eigenvalue weighted by Gasteiger charge is -2.08. The normalized spacial score (nSPS) is 13.4. The Labute approximate surface area is 128 Å². The van der Waals surface area contributed by atoms with Gasteiger partial charge in [0.1, 0.15) is 5.52 Å². The van der Waals surface area contributed by atoms with E-state index >= 15 is 0 Å². The van der Waals surface area contributed by atoms with Crippen molar-refractivity contribution in [3.05, 3.63) is 54.1 Å². The summed E-state index contributed by atoms with van der Waals surface area (Å²) in [6.07, 6.45) is 0.350. The van der Waals surface area contributed by atoms with Crippen LogP contribution in [0, 0.1) is 0 Å². The molecule has 0 bridgehead atoms. The van der Waals surface area contributed by atoms with Gasteiger partial charge in [-0.1, -0.05) is 24.3 Å². The van der Waals surface area contributed by atoms with Crippen LogP contribution in [0.3, 0.4) is 0 Å². The lowest BCUT2D eigenvalue weighted by atomic mass is 10.1. The molecule has 0 saturated heterocycles. The van der Waals surface area contributed by atoms with Crippen molar-refractivity contribution < 1.29 is 12.8 Å². The average Bonchev–Trinajstić information content (AvgIpc) is 2.90. The van der Waals surface area contributed by atoms with Crippen molar-refractivity contribution >= 4 is 21.1 Å². The van der Waals surface area contributed by atoms with E-state index in [4.69, 9.17) is 9.56 Å². The van der Waals surface area contributed by atoms with Gasteiger partial charge in [0.05, 0.1) is 5.25 Å². The summed E-state index contributed by atoms with van der Waals surface area (Å²) >= 11 is 0. The molecule has 114 valence electrons. The Hall–Kier alpha value is -2.18. The second-order valence-electron chi connectivity index (χ2n) is 5.29. The lowest BCUT2D eigenvalue weighted by molar-refractivity contribution is 0.584. The Morgan fingerprint density at radius 1 is 1.18 bits per heavy atom. The predicted molar refractivity (Wildman–Crippen MR) is 85.7 cm³/mol. The molecule has 1 aromatic heterocycles. The van der Waals surface area contributed by atoms with Crippen LogP contribution in [0.25, 0.3) is 22.6 Å². The summed E-state index contributed by atoms with van der Waals surface area (Å²) in [6, 6.07) is 15.1. The molecular formula is C16H16N2O3S. The number of benzene rings is 2. The number of oxazole rings is 1. The van der Waals surface area contributed by atoms with E-state index in [-0.39, 0.29) is 0 Å². The first-order chi connectivity index (χ1) is 10.4. The number of nitrogens with zero attached hydrogens (tertiary/aromatic N) is 1. The summed E-state index contributed by atoms with van der Waals surface area (Å²) in [7, 11) is -3.54. The van der Waals surface area contributed by atoms with Crippen molar-refractivity contribution in [3.8, 4) is 11.5 Å². The maximum atomic E-state index is 11.3. The van der Waals surface area contributed by atoms with Gasteiger partial charge in [0, 0.05) is 5.56 Å². The summed E-state index contributed by atoms with van der Waals surface area (Å²) in [5, 5.41) is 4.52. The first-order valence-corrected chi connectivity index (χ1v) is 8.51. The van der Waals surface area contributed by atoms with Gasteiger partial charge in [-0.05, 0) is 43.2 Å². The van der Waals surface area contributed by atoms with Crippen molar-refractivity contribution in [1.29, 1.82) is 0 Å². The molecule has 1 unspecified atom stereocenters. The van der Waals surface area contributed by atoms with Crippen LogP contribution in [0.1, 0.15) is 12.5 Å². The summed E-state index contributed by atoms with van der Waals surface area (Å²) in [5.41, 5.74) is 3.14. The minimum Gasteiger partial charge on any atom is -0.436 e. The largest absolute Gasteiger partial charge is 0.436 e. The molecule has 1 atom stereocenters. The zero-order valence-corrected chi connectivity index (χ0v) is 12.9. The fourth-order valence-electron chi connectivity index (χ4n) is 2.25. The van der Waals surface area contributed by atoms with Gasteiger partial charge in [0.2, 0.25) is 15.9 Å². The quantitative estimate of drug-likeness (QED) is 0.802. The van der Waals surface area contributed by atoms with Crippen molar-refractivity contribution in [2.75, 3.05) is 0 Å². The second-order valence-corrected chi connectivity index (χ2v) is 7.27. The number of rotatable bonds is 4. The highest BCUT2D eigenvalue weighted by Crippen LogP contribution is 2.25. The number of primary sulfonamides is 1. The standard InChI is InChI=1S/C16H16N2O3S/c1-11(22(17,19)20)9-12-7-8-15-14(10-12)18-16(21-15)13-5-3-2-4-6-13/h2-8,10-11H,9H2,1H3,(H2,17,19,20). The molecule has 0 spiro atoms. The fraction of sp³-hybridized carbons (Fsp3) is 0.188. The Kier molecular flexibility index (Phi) is 3.72. The highest BCUT2D eigenvalue weighted by Gasteiger charge is 2.17. The molecule has 2 N–H and O–H groups in total. The highest BCUT2D eigenvalue weighted by atomic mass is 32.2. The lowest BCUT2D eigenvalue weighted by Crippen LogP contribution is -2.27. The number of fused-ring (bicyclic) bond motifs is 1. The topological polar surface area (TPSA) is 86.2 Å². The first kappa shape index (κ1) is 14.7. The number of aromatic nitrogens is 1. The van der Waals surface area contributed by atoms with E-state index < -0.39 is 15.3 Å². The maximum absolute atomic E-state index is 11.3. The van der Waals surface area contributed by atoms with Crippen LogP contribution in [-0.4, -0.2) is 18.7 Å². The minimum atomic E-state index is -3.54. The van der Waals surface area contributed by atoms with E-state index in [0.29, 0.717) is 23.4 Å². The van der Waals surface area contributed by atoms with Gasteiger partial charge in [-0.15, -0.1) is 0 Å². The summed E-state index contributed by atoms with van der Waals surface area (Å²) < 4.78 is 28.4. The molecule has 0 radical (unpaired) electrons. The number of hydrogen-bond donors (Lipinski definition) is 1. The molecule has 0 aliphatic rings. The van der Waals surface area contributed by atoms with E-state index in [0.717, 1.165) is 11.1 Å². The van der Waals surface area contributed by atoms with E-state index in [1.54, 1.807) is 13.0 Å². The van der Waals surface area contributed by atoms with Crippen LogP contribution in [0.5, 0.6) is 0 Å². The Morgan fingerprint density at radius 2 is 1.91 bits per heavy atom. The van der Waals surface area contributed by atoms with Gasteiger partial charge in [-0.25, -0.2) is 18.5 Å². The number of nitrogens with two attached hydrogens (primary N) is 1. The predicted octanol–water partition coefficient (Wildman–Crippen LogP) is 2.71. The Bertz CT molecular complexity index is 902. The fourth-order valence-corrected chi connectivity index (χ4v) is 2.68. The van der Waals surface area contributed by atoms with Crippen molar-refractivity contribution in [2.45, 2.75) is 18.6 Å². The third kappa shape index (κ3) is 3.03. The van der Waals surface area contributed by atoms with Gasteiger partial charge >= 0.3 is 0 Å². The zero-order valence-electron chi connectivity index (χ0n) is 12.1. The SMILES string of the molecule is CC(Cc1ccc2oc(-c3ccccc3)nc2c1)S(N)(=O)=O. The molecule has 0 fully saturated rings. The van der Waals surface area contributed by atoms with Gasteiger partial charge in [-0.2, -0.15) is 0 Å². The van der Waals surface area contributed by atoms with Gasteiger partial charge in [0.25, 0.3) is 0 Å². The average molecular weight is 316 g/mol. The van der Waals surface area contributed by atoms with Crippen LogP contribution in [0.2, 0.25) is 0 Å². The van der Waals surface area contributed by atoms with Crippen LogP contribution in [0.4, 0.5) is 0 Å². The molecule has 6 heteroatoms. The summed E-state index contributed by atoms with van der Waals surface area (Å²) in [4.78, 5) is 4.47. The zero-order chi connectivity index (χ0) is 15.7. The van der Waals surface area contributed by atoms with Crippen LogP contribution in [0.15, 0.2) is 52.9 Å². The molecule has 0 aliphatic heterocycles. The molecule has 5 nitrogen and oxygen atoms in total. The van der Waals surface area contributed by atoms with E-state index in [2.05, 4.69) is 4.98 Å². The van der Waals surface area contributed by atoms with Gasteiger partial charge < -0.3 is 4.42 Å². The molecule has 1 heterocycles. The van der Waals surface area contributed by atoms with Crippen molar-refractivity contribution in [1.82, 2.24) is 4.98 Å². The molecular weight excluding hydrogens is 300 g/mol. The first-order valence-electron chi connectivity index (χ1n) is 6.90. The maximum Gasteiger partial charge on any atom is 0.227 e. The molecule has 3 rings (SSSR count). The number of hydrogen-bond acceptors (Lipinski definition) is 4. The summed E-state index contributed by atoms with van der Waals surface area (Å²) in [5.74, 6) is 0.548. The molecule has 22 heavy (non-hydrogen) atoms. The van der Waals surface area contributed by atoms with Gasteiger partial charge in [-0.3, -0.25) is 0 Å². The van der Waals surface area contributed by atoms with E-state index in [1.165, 1.54) is 0 Å². The second kappa shape index (κ2) is 5.55. The summed E-state index contributed by atoms with van der Waals surface area (Å²) in [6.45, 7) is 1.59. The Balaban J connectivity index is 1.94.